The Morgan fingerprint density at radius 3 is 0.866 bits per heavy atom. The largest absolute Gasteiger partial charge is 0.279 e. The lowest BCUT2D eigenvalue weighted by Gasteiger charge is -2.27. The summed E-state index contributed by atoms with van der Waals surface area (Å²) < 4.78 is 0. The van der Waals surface area contributed by atoms with Gasteiger partial charge in [-0.3, -0.25) is 9.80 Å². The van der Waals surface area contributed by atoms with Crippen molar-refractivity contribution in [3.63, 3.8) is 0 Å². The van der Waals surface area contributed by atoms with E-state index in [-0.39, 0.29) is 10.8 Å². The fourth-order valence-electron chi connectivity index (χ4n) is 12.6. The zero-order valence-electron chi connectivity index (χ0n) is 46.1. The summed E-state index contributed by atoms with van der Waals surface area (Å²) in [5.74, 6) is 3.30. The monoisotopic (exact) mass is 1050 g/mol. The van der Waals surface area contributed by atoms with Crippen LogP contribution < -0.4 is 9.80 Å². The molecule has 0 saturated heterocycles. The smallest absolute Gasteiger partial charge is 0.139 e. The predicted molar refractivity (Wildman–Crippen MR) is 343 cm³/mol. The zero-order valence-corrected chi connectivity index (χ0v) is 46.1. The molecule has 390 valence electrons. The summed E-state index contributed by atoms with van der Waals surface area (Å²) in [6, 6.07) is 86.4. The average molecular weight is 1050 g/mol. The first-order chi connectivity index (χ1) is 40.1. The van der Waals surface area contributed by atoms with E-state index >= 15 is 0 Å². The first-order valence-electron chi connectivity index (χ1n) is 28.2. The minimum Gasteiger partial charge on any atom is -0.279 e. The van der Waals surface area contributed by atoms with Gasteiger partial charge in [0.15, 0.2) is 0 Å². The van der Waals surface area contributed by atoms with Gasteiger partial charge in [-0.1, -0.05) is 198 Å². The van der Waals surface area contributed by atoms with E-state index in [4.69, 9.17) is 19.9 Å². The second kappa shape index (κ2) is 19.2. The van der Waals surface area contributed by atoms with Crippen LogP contribution in [-0.4, -0.2) is 19.9 Å². The van der Waals surface area contributed by atoms with Gasteiger partial charge in [-0.2, -0.15) is 0 Å². The molecule has 4 heterocycles. The quantitative estimate of drug-likeness (QED) is 0.127. The molecule has 0 aliphatic heterocycles. The molecule has 82 heavy (non-hydrogen) atoms. The van der Waals surface area contributed by atoms with Crippen LogP contribution in [0.15, 0.2) is 243 Å². The Balaban J connectivity index is 0.666. The van der Waals surface area contributed by atoms with Gasteiger partial charge in [0, 0.05) is 43.7 Å². The fraction of sp³-hybridized carbons (Fsp3) is 0.0789. The molecule has 15 rings (SSSR count). The van der Waals surface area contributed by atoms with Crippen molar-refractivity contribution >= 4 is 103 Å². The molecule has 0 amide bonds. The van der Waals surface area contributed by atoms with E-state index in [0.29, 0.717) is 0 Å². The lowest BCUT2D eigenvalue weighted by Crippen LogP contribution is -2.17. The molecule has 0 saturated carbocycles. The third-order valence-corrected chi connectivity index (χ3v) is 17.0. The molecule has 9 aromatic carbocycles. The number of pyridine rings is 4. The maximum atomic E-state index is 5.18. The number of nitrogens with zero attached hydrogens (tertiary/aromatic N) is 6. The molecule has 2 aliphatic carbocycles. The molecule has 0 fully saturated rings. The summed E-state index contributed by atoms with van der Waals surface area (Å²) in [7, 11) is 0. The molecular formula is C76H56N6. The molecule has 4 aromatic heterocycles. The van der Waals surface area contributed by atoms with Gasteiger partial charge in [0.2, 0.25) is 0 Å². The number of hydrogen-bond donors (Lipinski definition) is 0. The van der Waals surface area contributed by atoms with Crippen LogP contribution in [0.5, 0.6) is 0 Å². The molecule has 6 nitrogen and oxygen atoms in total. The van der Waals surface area contributed by atoms with E-state index in [1.807, 2.05) is 24.3 Å². The molecule has 6 heteroatoms. The third-order valence-electron chi connectivity index (χ3n) is 17.0. The van der Waals surface area contributed by atoms with Crippen LogP contribution >= 0.6 is 0 Å². The van der Waals surface area contributed by atoms with Crippen LogP contribution in [0.2, 0.25) is 0 Å². The standard InChI is InChI=1S/C76H56N6/c1-75(2)63-45-51(29-37-59(63)61-39-35-57(47-65(61)75)81(71-41-31-53-13-5-9-17-67(53)77-71)72-42-32-54-14-6-10-18-68(54)78-72)27-25-49-21-23-50(24-22-49)26-28-52-30-38-60-62-40-36-58(48-66(62)76(3,4)64(60)46-52)82(73-43-33-55-15-7-11-19-69(55)79-73)74-44-34-56-16-8-12-20-70(56)80-74/h5-48H,1-4H3. The van der Waals surface area contributed by atoms with Crippen LogP contribution in [0.3, 0.4) is 0 Å². The van der Waals surface area contributed by atoms with Crippen LogP contribution in [0.1, 0.15) is 72.2 Å². The Bertz CT molecular complexity index is 4320. The van der Waals surface area contributed by atoms with Crippen molar-refractivity contribution in [3.05, 3.63) is 287 Å². The molecule has 0 bridgehead atoms. The maximum absolute atomic E-state index is 5.18. The number of rotatable bonds is 10. The van der Waals surface area contributed by atoms with Gasteiger partial charge >= 0.3 is 0 Å². The second-order valence-electron chi connectivity index (χ2n) is 22.8. The zero-order chi connectivity index (χ0) is 55.1. The minimum absolute atomic E-state index is 0.241. The van der Waals surface area contributed by atoms with E-state index in [0.717, 1.165) is 89.4 Å². The van der Waals surface area contributed by atoms with Gasteiger partial charge in [0.05, 0.1) is 22.1 Å². The van der Waals surface area contributed by atoms with Crippen LogP contribution in [0, 0.1) is 0 Å². The summed E-state index contributed by atoms with van der Waals surface area (Å²) in [4.78, 5) is 25.1. The van der Waals surface area contributed by atoms with Gasteiger partial charge in [0.1, 0.15) is 23.3 Å². The van der Waals surface area contributed by atoms with Crippen molar-refractivity contribution < 1.29 is 0 Å². The first-order valence-corrected chi connectivity index (χ1v) is 28.2. The van der Waals surface area contributed by atoms with Crippen LogP contribution in [-0.2, 0) is 10.8 Å². The van der Waals surface area contributed by atoms with E-state index in [1.54, 1.807) is 0 Å². The van der Waals surface area contributed by atoms with Crippen molar-refractivity contribution in [1.82, 2.24) is 19.9 Å². The molecule has 0 unspecified atom stereocenters. The van der Waals surface area contributed by atoms with E-state index in [1.165, 1.54) is 55.6 Å². The topological polar surface area (TPSA) is 58.0 Å². The molecule has 0 spiro atoms. The highest BCUT2D eigenvalue weighted by Gasteiger charge is 2.38. The highest BCUT2D eigenvalue weighted by molar-refractivity contribution is 5.92. The van der Waals surface area contributed by atoms with Crippen molar-refractivity contribution in [3.8, 4) is 22.3 Å². The Kier molecular flexibility index (Phi) is 11.4. The summed E-state index contributed by atoms with van der Waals surface area (Å²) in [5, 5.41) is 4.42. The summed E-state index contributed by atoms with van der Waals surface area (Å²) in [6.45, 7) is 9.38. The van der Waals surface area contributed by atoms with Crippen LogP contribution in [0.25, 0.3) is 90.2 Å². The highest BCUT2D eigenvalue weighted by atomic mass is 15.2. The van der Waals surface area contributed by atoms with Crippen LogP contribution in [0.4, 0.5) is 34.6 Å². The molecule has 0 atom stereocenters. The summed E-state index contributed by atoms with van der Waals surface area (Å²) >= 11 is 0. The van der Waals surface area contributed by atoms with E-state index < -0.39 is 0 Å². The SMILES string of the molecule is CC1(C)c2cc(C=Cc3ccc(C=Cc4ccc5c(c4)C(C)(C)c4cc(N(c6ccc7ccccc7n6)c6ccc7ccccc7n6)ccc4-5)cc3)ccc2-c2ccc(N(c3ccc4ccccc4n3)c3ccc4ccccc4n3)cc21. The average Bonchev–Trinajstić information content (AvgIpc) is 3.60. The Morgan fingerprint density at radius 1 is 0.268 bits per heavy atom. The Labute approximate surface area is 477 Å². The Hall–Kier alpha value is -10.3. The number of benzene rings is 9. The lowest BCUT2D eigenvalue weighted by molar-refractivity contribution is 0.660. The van der Waals surface area contributed by atoms with E-state index in [9.17, 15) is 0 Å². The first kappa shape index (κ1) is 48.8. The van der Waals surface area contributed by atoms with Gasteiger partial charge < -0.3 is 0 Å². The number of para-hydroxylation sites is 4. The molecule has 13 aromatic rings. The maximum Gasteiger partial charge on any atom is 0.139 e. The number of anilines is 6. The number of fused-ring (bicyclic) bond motifs is 10. The molecule has 2 aliphatic rings. The molecular weight excluding hydrogens is 997 g/mol. The molecule has 0 radical (unpaired) electrons. The summed E-state index contributed by atoms with van der Waals surface area (Å²) in [6.07, 6.45) is 8.91. The second-order valence-corrected chi connectivity index (χ2v) is 22.8. The van der Waals surface area contributed by atoms with Crippen molar-refractivity contribution in [2.45, 2.75) is 38.5 Å². The predicted octanol–water partition coefficient (Wildman–Crippen LogP) is 19.8. The lowest BCUT2D eigenvalue weighted by atomic mass is 9.81. The van der Waals surface area contributed by atoms with Crippen molar-refractivity contribution in [2.24, 2.45) is 0 Å². The van der Waals surface area contributed by atoms with Gasteiger partial charge in [-0.25, -0.2) is 19.9 Å². The Morgan fingerprint density at radius 2 is 0.537 bits per heavy atom. The van der Waals surface area contributed by atoms with Gasteiger partial charge in [0.25, 0.3) is 0 Å². The normalized spacial score (nSPS) is 13.7. The van der Waals surface area contributed by atoms with Gasteiger partial charge in [-0.15, -0.1) is 0 Å². The van der Waals surface area contributed by atoms with Gasteiger partial charge in [-0.05, 0) is 164 Å². The summed E-state index contributed by atoms with van der Waals surface area (Å²) in [5.41, 5.74) is 20.3. The molecule has 0 N–H and O–H groups in total. The van der Waals surface area contributed by atoms with Crippen molar-refractivity contribution in [1.29, 1.82) is 0 Å². The number of hydrogen-bond acceptors (Lipinski definition) is 6. The third kappa shape index (κ3) is 8.42. The minimum atomic E-state index is -0.241. The van der Waals surface area contributed by atoms with Crippen molar-refractivity contribution in [2.75, 3.05) is 9.80 Å². The van der Waals surface area contributed by atoms with E-state index in [2.05, 4.69) is 280 Å². The number of aromatic nitrogens is 4. The highest BCUT2D eigenvalue weighted by Crippen LogP contribution is 2.53. The fourth-order valence-corrected chi connectivity index (χ4v) is 12.6.